The summed E-state index contributed by atoms with van der Waals surface area (Å²) in [6.45, 7) is 0.624. The molecule has 90 valence electrons. The predicted octanol–water partition coefficient (Wildman–Crippen LogP) is 2.81. The molecular formula is C9H9F5N2. The third kappa shape index (κ3) is 2.29. The number of hydrogen-bond acceptors (Lipinski definition) is 2. The summed E-state index contributed by atoms with van der Waals surface area (Å²) in [6.07, 6.45) is -7.20. The Morgan fingerprint density at radius 1 is 1.38 bits per heavy atom. The minimum atomic E-state index is -4.85. The van der Waals surface area contributed by atoms with Crippen molar-refractivity contribution in [1.29, 1.82) is 0 Å². The van der Waals surface area contributed by atoms with Crippen LogP contribution in [0.5, 0.6) is 0 Å². The third-order valence-corrected chi connectivity index (χ3v) is 2.12. The van der Waals surface area contributed by atoms with Gasteiger partial charge in [-0.2, -0.15) is 13.2 Å². The molecule has 0 radical (unpaired) electrons. The summed E-state index contributed by atoms with van der Waals surface area (Å²) in [5.41, 5.74) is 1.87. The molecule has 2 nitrogen and oxygen atoms in total. The lowest BCUT2D eigenvalue weighted by atomic mass is 10.0. The summed E-state index contributed by atoms with van der Waals surface area (Å²) in [6, 6.07) is 0. The summed E-state index contributed by atoms with van der Waals surface area (Å²) < 4.78 is 63.0. The Hall–Kier alpha value is -1.24. The van der Waals surface area contributed by atoms with E-state index in [1.807, 2.05) is 0 Å². The van der Waals surface area contributed by atoms with E-state index in [9.17, 15) is 22.0 Å². The van der Waals surface area contributed by atoms with E-state index in [0.29, 0.717) is 0 Å². The Morgan fingerprint density at radius 2 is 1.94 bits per heavy atom. The first-order chi connectivity index (χ1) is 7.29. The lowest BCUT2D eigenvalue weighted by molar-refractivity contribution is -0.140. The van der Waals surface area contributed by atoms with Crippen molar-refractivity contribution in [2.75, 3.05) is 0 Å². The Balaban J connectivity index is 3.56. The summed E-state index contributed by atoms with van der Waals surface area (Å²) >= 11 is 0. The van der Waals surface area contributed by atoms with E-state index in [-0.39, 0.29) is 5.69 Å². The number of aromatic nitrogens is 1. The van der Waals surface area contributed by atoms with Gasteiger partial charge in [0, 0.05) is 18.4 Å². The fourth-order valence-electron chi connectivity index (χ4n) is 1.42. The van der Waals surface area contributed by atoms with Crippen LogP contribution in [0.4, 0.5) is 22.0 Å². The van der Waals surface area contributed by atoms with E-state index in [0.717, 1.165) is 13.1 Å². The van der Waals surface area contributed by atoms with Gasteiger partial charge in [-0.25, -0.2) is 8.78 Å². The van der Waals surface area contributed by atoms with Gasteiger partial charge in [-0.15, -0.1) is 0 Å². The minimum Gasteiger partial charge on any atom is -0.326 e. The highest BCUT2D eigenvalue weighted by molar-refractivity contribution is 5.39. The van der Waals surface area contributed by atoms with Crippen LogP contribution in [-0.4, -0.2) is 4.98 Å². The van der Waals surface area contributed by atoms with Gasteiger partial charge in [0.1, 0.15) is 0 Å². The van der Waals surface area contributed by atoms with E-state index in [4.69, 9.17) is 5.73 Å². The van der Waals surface area contributed by atoms with Crippen LogP contribution >= 0.6 is 0 Å². The van der Waals surface area contributed by atoms with Crippen LogP contribution in [0.15, 0.2) is 6.20 Å². The van der Waals surface area contributed by atoms with Gasteiger partial charge in [0.05, 0.1) is 11.1 Å². The average Bonchev–Trinajstić information content (AvgIpc) is 2.15. The van der Waals surface area contributed by atoms with Crippen LogP contribution in [0.25, 0.3) is 0 Å². The van der Waals surface area contributed by atoms with Crippen LogP contribution in [0.2, 0.25) is 0 Å². The maximum Gasteiger partial charge on any atom is 0.417 e. The van der Waals surface area contributed by atoms with E-state index in [1.54, 1.807) is 0 Å². The second-order valence-electron chi connectivity index (χ2n) is 3.16. The van der Waals surface area contributed by atoms with Crippen molar-refractivity contribution in [2.45, 2.75) is 26.1 Å². The fourth-order valence-corrected chi connectivity index (χ4v) is 1.42. The van der Waals surface area contributed by atoms with Crippen molar-refractivity contribution >= 4 is 0 Å². The highest BCUT2D eigenvalue weighted by atomic mass is 19.4. The van der Waals surface area contributed by atoms with Crippen molar-refractivity contribution in [3.63, 3.8) is 0 Å². The summed E-state index contributed by atoms with van der Waals surface area (Å²) in [5.74, 6) is 0. The molecule has 0 aromatic carbocycles. The maximum absolute atomic E-state index is 12.6. The van der Waals surface area contributed by atoms with Gasteiger partial charge >= 0.3 is 6.18 Å². The Bertz CT molecular complexity index is 386. The number of halogens is 5. The standard InChI is InChI=1S/C9H9F5N2/c1-4-6(8(10)11)7(9(12,13)14)5(2-15)3-16-4/h3,8H,2,15H2,1H3. The number of pyridine rings is 1. The number of hydrogen-bond donors (Lipinski definition) is 1. The maximum atomic E-state index is 12.6. The molecule has 0 unspecified atom stereocenters. The summed E-state index contributed by atoms with van der Waals surface area (Å²) in [4.78, 5) is 3.49. The van der Waals surface area contributed by atoms with Crippen LogP contribution < -0.4 is 5.73 Å². The molecular weight excluding hydrogens is 231 g/mol. The highest BCUT2D eigenvalue weighted by Crippen LogP contribution is 2.39. The van der Waals surface area contributed by atoms with Crippen molar-refractivity contribution in [3.8, 4) is 0 Å². The van der Waals surface area contributed by atoms with Crippen LogP contribution in [0.1, 0.15) is 28.8 Å². The molecule has 1 rings (SSSR count). The molecule has 16 heavy (non-hydrogen) atoms. The molecule has 0 spiro atoms. The zero-order valence-corrected chi connectivity index (χ0v) is 8.28. The van der Waals surface area contributed by atoms with Gasteiger partial charge in [-0.1, -0.05) is 0 Å². The van der Waals surface area contributed by atoms with E-state index in [2.05, 4.69) is 4.98 Å². The molecule has 0 bridgehead atoms. The molecule has 7 heteroatoms. The Labute approximate surface area is 88.3 Å². The largest absolute Gasteiger partial charge is 0.417 e. The molecule has 0 saturated carbocycles. The van der Waals surface area contributed by atoms with Crippen molar-refractivity contribution in [1.82, 2.24) is 4.98 Å². The molecule has 0 aliphatic carbocycles. The third-order valence-electron chi connectivity index (χ3n) is 2.12. The van der Waals surface area contributed by atoms with Gasteiger partial charge in [0.2, 0.25) is 0 Å². The first kappa shape index (κ1) is 12.8. The Kier molecular flexibility index (Phi) is 3.47. The van der Waals surface area contributed by atoms with Crippen LogP contribution in [0, 0.1) is 6.92 Å². The predicted molar refractivity (Wildman–Crippen MR) is 46.8 cm³/mol. The second kappa shape index (κ2) is 4.32. The molecule has 0 fully saturated rings. The van der Waals surface area contributed by atoms with Crippen molar-refractivity contribution in [2.24, 2.45) is 5.73 Å². The van der Waals surface area contributed by atoms with E-state index in [1.165, 1.54) is 0 Å². The van der Waals surface area contributed by atoms with E-state index < -0.39 is 35.8 Å². The average molecular weight is 240 g/mol. The van der Waals surface area contributed by atoms with Crippen molar-refractivity contribution in [3.05, 3.63) is 28.6 Å². The normalized spacial score (nSPS) is 12.2. The molecule has 1 aromatic heterocycles. The number of nitrogens with two attached hydrogens (primary N) is 1. The van der Waals surface area contributed by atoms with Crippen molar-refractivity contribution < 1.29 is 22.0 Å². The first-order valence-electron chi connectivity index (χ1n) is 4.32. The van der Waals surface area contributed by atoms with Crippen LogP contribution in [0.3, 0.4) is 0 Å². The number of alkyl halides is 5. The molecule has 1 heterocycles. The quantitative estimate of drug-likeness (QED) is 0.807. The molecule has 0 aliphatic rings. The van der Waals surface area contributed by atoms with Gasteiger partial charge in [-0.05, 0) is 12.5 Å². The Morgan fingerprint density at radius 3 is 2.31 bits per heavy atom. The van der Waals surface area contributed by atoms with Gasteiger partial charge in [-0.3, -0.25) is 4.98 Å². The number of rotatable bonds is 2. The summed E-state index contributed by atoms with van der Waals surface area (Å²) in [5, 5.41) is 0. The molecule has 0 atom stereocenters. The minimum absolute atomic E-state index is 0.334. The zero-order chi connectivity index (χ0) is 12.5. The second-order valence-corrected chi connectivity index (χ2v) is 3.16. The molecule has 0 saturated heterocycles. The molecule has 2 N–H and O–H groups in total. The molecule has 0 amide bonds. The van der Waals surface area contributed by atoms with E-state index >= 15 is 0 Å². The fraction of sp³-hybridized carbons (Fsp3) is 0.444. The van der Waals surface area contributed by atoms with Gasteiger partial charge in [0.15, 0.2) is 0 Å². The molecule has 1 aromatic rings. The first-order valence-corrected chi connectivity index (χ1v) is 4.32. The topological polar surface area (TPSA) is 38.9 Å². The highest BCUT2D eigenvalue weighted by Gasteiger charge is 2.39. The van der Waals surface area contributed by atoms with Gasteiger partial charge < -0.3 is 5.73 Å². The smallest absolute Gasteiger partial charge is 0.326 e. The number of nitrogens with zero attached hydrogens (tertiary/aromatic N) is 1. The monoisotopic (exact) mass is 240 g/mol. The SMILES string of the molecule is Cc1ncc(CN)c(C(F)(F)F)c1C(F)F. The van der Waals surface area contributed by atoms with Crippen LogP contribution in [-0.2, 0) is 12.7 Å². The van der Waals surface area contributed by atoms with Gasteiger partial charge in [0.25, 0.3) is 6.43 Å². The zero-order valence-electron chi connectivity index (χ0n) is 8.28. The number of aryl methyl sites for hydroxylation is 1. The molecule has 0 aliphatic heterocycles. The lowest BCUT2D eigenvalue weighted by Gasteiger charge is -2.17. The lowest BCUT2D eigenvalue weighted by Crippen LogP contribution is -2.17. The summed E-state index contributed by atoms with van der Waals surface area (Å²) in [7, 11) is 0.